The van der Waals surface area contributed by atoms with Crippen LogP contribution in [0.1, 0.15) is 32.1 Å². The molecule has 0 bridgehead atoms. The highest BCUT2D eigenvalue weighted by atomic mass is 32.2. The van der Waals surface area contributed by atoms with Crippen LogP contribution in [0.25, 0.3) is 0 Å². The van der Waals surface area contributed by atoms with Gasteiger partial charge in [-0.25, -0.2) is 8.42 Å². The molecule has 1 aliphatic rings. The Hall–Kier alpha value is 0.264. The van der Waals surface area contributed by atoms with Crippen molar-refractivity contribution in [3.63, 3.8) is 0 Å². The molecule has 0 saturated heterocycles. The van der Waals surface area contributed by atoms with Crippen molar-refractivity contribution in [3.8, 4) is 0 Å². The third kappa shape index (κ3) is 10.7. The minimum Gasteiger partial charge on any atom is -0.412 e. The largest absolute Gasteiger partial charge is 0.412 e. The van der Waals surface area contributed by atoms with Crippen LogP contribution in [0.2, 0.25) is 39.3 Å². The summed E-state index contributed by atoms with van der Waals surface area (Å²) in [6.07, 6.45) is 5.86. The third-order valence-corrected chi connectivity index (χ3v) is 8.36. The molecule has 1 fully saturated rings. The number of hydrogen-bond donors (Lipinski definition) is 1. The van der Waals surface area contributed by atoms with Gasteiger partial charge in [-0.2, -0.15) is 0 Å². The maximum absolute atomic E-state index is 12.3. The Morgan fingerprint density at radius 2 is 1.57 bits per heavy atom. The minimum atomic E-state index is -3.54. The van der Waals surface area contributed by atoms with Crippen LogP contribution in [-0.4, -0.2) is 49.5 Å². The van der Waals surface area contributed by atoms with E-state index in [0.717, 1.165) is 0 Å². The van der Waals surface area contributed by atoms with Gasteiger partial charge in [0.25, 0.3) is 10.1 Å². The topological polar surface area (TPSA) is 64.6 Å². The van der Waals surface area contributed by atoms with Gasteiger partial charge < -0.3 is 13.6 Å². The van der Waals surface area contributed by atoms with Crippen molar-refractivity contribution in [1.29, 1.82) is 0 Å². The second kappa shape index (κ2) is 8.57. The normalized spacial score (nSPS) is 19.7. The zero-order valence-corrected chi connectivity index (χ0v) is 18.5. The summed E-state index contributed by atoms with van der Waals surface area (Å²) in [6.45, 7) is 12.5. The van der Waals surface area contributed by atoms with Crippen LogP contribution in [0.5, 0.6) is 0 Å². The Bertz CT molecular complexity index is 451. The molecule has 1 saturated carbocycles. The molecular weight excluding hydrogens is 346 g/mol. The van der Waals surface area contributed by atoms with E-state index < -0.39 is 26.8 Å². The fourth-order valence-electron chi connectivity index (χ4n) is 2.88. The summed E-state index contributed by atoms with van der Waals surface area (Å²) in [7, 11) is -7.48. The predicted molar refractivity (Wildman–Crippen MR) is 101 cm³/mol. The van der Waals surface area contributed by atoms with Gasteiger partial charge in [0, 0.05) is 12.6 Å². The summed E-state index contributed by atoms with van der Waals surface area (Å²) in [4.78, 5) is 0. The van der Waals surface area contributed by atoms with Gasteiger partial charge in [0.05, 0.1) is 6.10 Å². The van der Waals surface area contributed by atoms with Crippen molar-refractivity contribution in [1.82, 2.24) is 5.32 Å². The van der Waals surface area contributed by atoms with Crippen molar-refractivity contribution in [2.24, 2.45) is 0 Å². The number of nitrogens with one attached hydrogen (secondary N) is 1. The van der Waals surface area contributed by atoms with E-state index >= 15 is 0 Å². The molecular formula is C15H35NO4SSi2. The molecule has 8 heteroatoms. The molecule has 0 heterocycles. The smallest absolute Gasteiger partial charge is 0.260 e. The first-order chi connectivity index (χ1) is 10.4. The zero-order valence-electron chi connectivity index (χ0n) is 15.6. The van der Waals surface area contributed by atoms with Crippen LogP contribution in [0, 0.1) is 0 Å². The lowest BCUT2D eigenvalue weighted by atomic mass is 9.95. The molecule has 1 unspecified atom stereocenters. The fourth-order valence-corrected chi connectivity index (χ4v) is 8.13. The van der Waals surface area contributed by atoms with Crippen LogP contribution >= 0.6 is 0 Å². The van der Waals surface area contributed by atoms with E-state index in [2.05, 4.69) is 25.0 Å². The van der Waals surface area contributed by atoms with Gasteiger partial charge in [-0.3, -0.25) is 0 Å². The first kappa shape index (κ1) is 21.3. The molecule has 138 valence electrons. The van der Waals surface area contributed by atoms with Crippen LogP contribution in [-0.2, 0) is 18.4 Å². The average Bonchev–Trinajstić information content (AvgIpc) is 2.32. The quantitative estimate of drug-likeness (QED) is 0.621. The highest BCUT2D eigenvalue weighted by molar-refractivity contribution is 7.87. The van der Waals surface area contributed by atoms with Crippen LogP contribution in [0.4, 0.5) is 0 Å². The first-order valence-corrected chi connectivity index (χ1v) is 17.1. The molecule has 0 radical (unpaired) electrons. The van der Waals surface area contributed by atoms with Gasteiger partial charge in [-0.1, -0.05) is 19.3 Å². The molecule has 23 heavy (non-hydrogen) atoms. The van der Waals surface area contributed by atoms with Gasteiger partial charge in [0.15, 0.2) is 8.32 Å². The van der Waals surface area contributed by atoms with Gasteiger partial charge in [0.1, 0.15) is 5.75 Å². The molecule has 5 nitrogen and oxygen atoms in total. The molecule has 1 atom stereocenters. The first-order valence-electron chi connectivity index (χ1n) is 8.71. The van der Waals surface area contributed by atoms with E-state index in [4.69, 9.17) is 8.30 Å². The molecule has 1 N–H and O–H groups in total. The second-order valence-electron chi connectivity index (χ2n) is 8.52. The monoisotopic (exact) mass is 381 g/mol. The molecule has 1 rings (SSSR count). The van der Waals surface area contributed by atoms with Gasteiger partial charge in [-0.05, 0) is 52.1 Å². The van der Waals surface area contributed by atoms with Crippen LogP contribution in [0.15, 0.2) is 0 Å². The highest BCUT2D eigenvalue weighted by Crippen LogP contribution is 2.18. The molecule has 1 aliphatic carbocycles. The summed E-state index contributed by atoms with van der Waals surface area (Å²) in [5.41, 5.74) is 0. The van der Waals surface area contributed by atoms with E-state index in [9.17, 15) is 8.42 Å². The van der Waals surface area contributed by atoms with Crippen molar-refractivity contribution in [3.05, 3.63) is 0 Å². The summed E-state index contributed by atoms with van der Waals surface area (Å²) in [6, 6.07) is 0.497. The average molecular weight is 382 g/mol. The molecule has 0 spiro atoms. The van der Waals surface area contributed by atoms with E-state index in [1.54, 1.807) is 0 Å². The van der Waals surface area contributed by atoms with Crippen molar-refractivity contribution >= 4 is 26.8 Å². The standard InChI is InChI=1S/C15H35NO4SSi2/c1-22(2,3)19-15(12-16-14-10-8-7-9-11-14)13-21(17,18)20-23(4,5)6/h14-16H,7-13H2,1-6H3. The van der Waals surface area contributed by atoms with Gasteiger partial charge in [0.2, 0.25) is 8.32 Å². The SMILES string of the molecule is C[Si](C)(C)OC(CNC1CCCCC1)CS(=O)(=O)O[Si](C)(C)C. The zero-order chi connectivity index (χ0) is 17.7. The fraction of sp³-hybridized carbons (Fsp3) is 1.00. The minimum absolute atomic E-state index is 0.0543. The Balaban J connectivity index is 2.64. The van der Waals surface area contributed by atoms with E-state index in [0.29, 0.717) is 12.6 Å². The molecule has 0 aromatic carbocycles. The summed E-state index contributed by atoms with van der Waals surface area (Å²) >= 11 is 0. The van der Waals surface area contributed by atoms with E-state index in [1.807, 2.05) is 19.6 Å². The van der Waals surface area contributed by atoms with Gasteiger partial charge in [-0.15, -0.1) is 0 Å². The highest BCUT2D eigenvalue weighted by Gasteiger charge is 2.30. The van der Waals surface area contributed by atoms with Crippen molar-refractivity contribution in [2.45, 2.75) is 83.5 Å². The van der Waals surface area contributed by atoms with E-state index in [1.165, 1.54) is 32.1 Å². The lowest BCUT2D eigenvalue weighted by molar-refractivity contribution is 0.198. The van der Waals surface area contributed by atoms with Crippen LogP contribution in [0.3, 0.4) is 0 Å². The summed E-state index contributed by atoms with van der Waals surface area (Å²) < 4.78 is 36.1. The Morgan fingerprint density at radius 3 is 2.04 bits per heavy atom. The summed E-state index contributed by atoms with van der Waals surface area (Å²) in [5.74, 6) is -0.0543. The molecule has 0 amide bonds. The second-order valence-corrected chi connectivity index (χ2v) is 19.3. The maximum Gasteiger partial charge on any atom is 0.260 e. The molecule has 0 aromatic heterocycles. The van der Waals surface area contributed by atoms with E-state index in [-0.39, 0.29) is 11.9 Å². The lowest BCUT2D eigenvalue weighted by Crippen LogP contribution is -2.46. The molecule has 0 aliphatic heterocycles. The summed E-state index contributed by atoms with van der Waals surface area (Å²) in [5, 5.41) is 3.52. The predicted octanol–water partition coefficient (Wildman–Crippen LogP) is 3.31. The lowest BCUT2D eigenvalue weighted by Gasteiger charge is -2.30. The van der Waals surface area contributed by atoms with Crippen molar-refractivity contribution in [2.75, 3.05) is 12.3 Å². The molecule has 0 aromatic rings. The Labute approximate surface area is 144 Å². The maximum atomic E-state index is 12.3. The number of rotatable bonds is 9. The van der Waals surface area contributed by atoms with Crippen LogP contribution < -0.4 is 5.32 Å². The Kier molecular flexibility index (Phi) is 7.94. The van der Waals surface area contributed by atoms with Gasteiger partial charge >= 0.3 is 0 Å². The third-order valence-electron chi connectivity index (χ3n) is 3.53. The Morgan fingerprint density at radius 1 is 1.00 bits per heavy atom. The number of hydrogen-bond acceptors (Lipinski definition) is 5. The van der Waals surface area contributed by atoms with Crippen molar-refractivity contribution < 1.29 is 16.7 Å².